The number of nitrogens with zero attached hydrogens (tertiary/aromatic N) is 2. The van der Waals surface area contributed by atoms with Crippen molar-refractivity contribution in [3.05, 3.63) is 77.6 Å². The van der Waals surface area contributed by atoms with Crippen molar-refractivity contribution in [1.29, 1.82) is 0 Å². The summed E-state index contributed by atoms with van der Waals surface area (Å²) in [6.07, 6.45) is 5.62. The topological polar surface area (TPSA) is 68.3 Å². The van der Waals surface area contributed by atoms with E-state index in [1.165, 1.54) is 10.5 Å². The van der Waals surface area contributed by atoms with Gasteiger partial charge in [-0.1, -0.05) is 43.3 Å². The highest BCUT2D eigenvalue weighted by Gasteiger charge is 2.34. The van der Waals surface area contributed by atoms with E-state index in [2.05, 4.69) is 31.2 Å². The lowest BCUT2D eigenvalue weighted by atomic mass is 10.0. The predicted octanol–water partition coefficient (Wildman–Crippen LogP) is 3.99. The number of hydrogen-bond donors (Lipinski definition) is 1. The van der Waals surface area contributed by atoms with E-state index in [0.717, 1.165) is 23.2 Å². The highest BCUT2D eigenvalue weighted by atomic mass is 16.2. The van der Waals surface area contributed by atoms with Crippen LogP contribution in [0, 0.1) is 0 Å². The molecule has 2 heterocycles. The lowest BCUT2D eigenvalue weighted by molar-refractivity contribution is 0.0651. The van der Waals surface area contributed by atoms with Crippen LogP contribution in [0.4, 0.5) is 5.69 Å². The van der Waals surface area contributed by atoms with Gasteiger partial charge in [0.2, 0.25) is 0 Å². The smallest absolute Gasteiger partial charge is 0.261 e. The van der Waals surface area contributed by atoms with Crippen LogP contribution in [0.25, 0.3) is 11.1 Å². The predicted molar refractivity (Wildman–Crippen MR) is 110 cm³/mol. The summed E-state index contributed by atoms with van der Waals surface area (Å²) in [6.45, 7) is 3.21. The van der Waals surface area contributed by atoms with Crippen molar-refractivity contribution >= 4 is 17.5 Å². The Morgan fingerprint density at radius 2 is 1.46 bits per heavy atom. The van der Waals surface area contributed by atoms with Crippen molar-refractivity contribution in [2.75, 3.05) is 12.3 Å². The second-order valence-electron chi connectivity index (χ2n) is 7.08. The Bertz CT molecular complexity index is 999. The third kappa shape index (κ3) is 3.20. The van der Waals surface area contributed by atoms with Gasteiger partial charge >= 0.3 is 0 Å². The molecule has 142 valence electrons. The summed E-state index contributed by atoms with van der Waals surface area (Å²) in [7, 11) is 0. The molecule has 28 heavy (non-hydrogen) atoms. The van der Waals surface area contributed by atoms with E-state index in [1.54, 1.807) is 24.3 Å². The second kappa shape index (κ2) is 7.35. The first kappa shape index (κ1) is 18.0. The highest BCUT2D eigenvalue weighted by molar-refractivity contribution is 6.21. The zero-order valence-electron chi connectivity index (χ0n) is 15.9. The minimum Gasteiger partial charge on any atom is -0.397 e. The van der Waals surface area contributed by atoms with E-state index in [-0.39, 0.29) is 11.8 Å². The molecule has 1 aliphatic rings. The standard InChI is InChI=1S/C23H23N3O2/c1-2-16-8-10-17(11-9-16)20-14-25(15-21(20)24)12-5-13-26-22(27)18-6-3-4-7-19(18)23(26)28/h3-4,6-11,14-15H,2,5,12-13,24H2,1H3. The highest BCUT2D eigenvalue weighted by Crippen LogP contribution is 2.28. The van der Waals surface area contributed by atoms with E-state index in [9.17, 15) is 9.59 Å². The maximum atomic E-state index is 12.4. The summed E-state index contributed by atoms with van der Waals surface area (Å²) in [5.41, 5.74) is 11.3. The summed E-state index contributed by atoms with van der Waals surface area (Å²) >= 11 is 0. The third-order valence-corrected chi connectivity index (χ3v) is 5.26. The molecule has 2 amide bonds. The van der Waals surface area contributed by atoms with Gasteiger partial charge in [0.05, 0.1) is 16.8 Å². The second-order valence-corrected chi connectivity index (χ2v) is 7.08. The van der Waals surface area contributed by atoms with Crippen molar-refractivity contribution in [2.24, 2.45) is 0 Å². The first-order valence-electron chi connectivity index (χ1n) is 9.58. The molecule has 3 aromatic rings. The van der Waals surface area contributed by atoms with E-state index < -0.39 is 0 Å². The number of hydrogen-bond acceptors (Lipinski definition) is 3. The summed E-state index contributed by atoms with van der Waals surface area (Å²) in [5, 5.41) is 0. The molecular formula is C23H23N3O2. The molecule has 0 spiro atoms. The van der Waals surface area contributed by atoms with Gasteiger partial charge in [-0.15, -0.1) is 0 Å². The van der Waals surface area contributed by atoms with Gasteiger partial charge in [0.25, 0.3) is 11.8 Å². The van der Waals surface area contributed by atoms with Gasteiger partial charge in [-0.2, -0.15) is 0 Å². The lowest BCUT2D eigenvalue weighted by Gasteiger charge is -2.13. The number of nitrogen functional groups attached to an aromatic ring is 1. The molecule has 5 nitrogen and oxygen atoms in total. The van der Waals surface area contributed by atoms with Crippen LogP contribution < -0.4 is 5.73 Å². The monoisotopic (exact) mass is 373 g/mol. The third-order valence-electron chi connectivity index (χ3n) is 5.26. The number of imide groups is 1. The average molecular weight is 373 g/mol. The van der Waals surface area contributed by atoms with Crippen LogP contribution in [0.1, 0.15) is 39.6 Å². The van der Waals surface area contributed by atoms with Crippen molar-refractivity contribution in [3.8, 4) is 11.1 Å². The Balaban J connectivity index is 1.41. The number of carbonyl (C=O) groups is 2. The normalized spacial score (nSPS) is 13.2. The molecule has 0 aliphatic carbocycles. The molecule has 4 rings (SSSR count). The molecule has 5 heteroatoms. The van der Waals surface area contributed by atoms with E-state index in [0.29, 0.717) is 30.6 Å². The van der Waals surface area contributed by atoms with Crippen LogP contribution >= 0.6 is 0 Å². The quantitative estimate of drug-likeness (QED) is 0.665. The molecule has 2 N–H and O–H groups in total. The van der Waals surface area contributed by atoms with Crippen LogP contribution in [-0.4, -0.2) is 27.8 Å². The molecular weight excluding hydrogens is 350 g/mol. The Morgan fingerprint density at radius 1 is 0.821 bits per heavy atom. The number of benzene rings is 2. The van der Waals surface area contributed by atoms with Crippen molar-refractivity contribution in [1.82, 2.24) is 9.47 Å². The Labute approximate surface area is 164 Å². The fourth-order valence-electron chi connectivity index (χ4n) is 3.67. The van der Waals surface area contributed by atoms with Crippen molar-refractivity contribution < 1.29 is 9.59 Å². The van der Waals surface area contributed by atoms with Crippen LogP contribution in [0.15, 0.2) is 60.9 Å². The minimum absolute atomic E-state index is 0.204. The molecule has 0 atom stereocenters. The first-order chi connectivity index (χ1) is 13.6. The van der Waals surface area contributed by atoms with E-state index in [4.69, 9.17) is 5.73 Å². The van der Waals surface area contributed by atoms with Crippen molar-refractivity contribution in [3.63, 3.8) is 0 Å². The number of anilines is 1. The van der Waals surface area contributed by atoms with Gasteiger partial charge in [0.15, 0.2) is 0 Å². The number of fused-ring (bicyclic) bond motifs is 1. The Kier molecular flexibility index (Phi) is 4.74. The number of aryl methyl sites for hydroxylation is 2. The molecule has 0 fully saturated rings. The molecule has 2 aromatic carbocycles. The molecule has 1 aromatic heterocycles. The summed E-state index contributed by atoms with van der Waals surface area (Å²) in [5.74, 6) is -0.409. The van der Waals surface area contributed by atoms with Gasteiger partial charge in [-0.25, -0.2) is 0 Å². The number of amides is 2. The van der Waals surface area contributed by atoms with Gasteiger partial charge in [0, 0.05) is 31.0 Å². The SMILES string of the molecule is CCc1ccc(-c2cn(CCCN3C(=O)c4ccccc4C3=O)cc2N)cc1. The van der Waals surface area contributed by atoms with Crippen LogP contribution in [0.5, 0.6) is 0 Å². The van der Waals surface area contributed by atoms with Gasteiger partial charge in [-0.3, -0.25) is 14.5 Å². The zero-order chi connectivity index (χ0) is 19.7. The van der Waals surface area contributed by atoms with E-state index in [1.807, 2.05) is 17.0 Å². The first-order valence-corrected chi connectivity index (χ1v) is 9.58. The molecule has 0 unspecified atom stereocenters. The maximum Gasteiger partial charge on any atom is 0.261 e. The summed E-state index contributed by atoms with van der Waals surface area (Å²) in [6, 6.07) is 15.4. The number of carbonyl (C=O) groups excluding carboxylic acids is 2. The molecule has 1 aliphatic heterocycles. The van der Waals surface area contributed by atoms with Gasteiger partial charge in [-0.05, 0) is 36.1 Å². The molecule has 0 saturated heterocycles. The van der Waals surface area contributed by atoms with Crippen molar-refractivity contribution in [2.45, 2.75) is 26.3 Å². The fraction of sp³-hybridized carbons (Fsp3) is 0.217. The summed E-state index contributed by atoms with van der Waals surface area (Å²) in [4.78, 5) is 26.2. The van der Waals surface area contributed by atoms with Gasteiger partial charge in [0.1, 0.15) is 0 Å². The fourth-order valence-corrected chi connectivity index (χ4v) is 3.67. The molecule has 0 bridgehead atoms. The summed E-state index contributed by atoms with van der Waals surface area (Å²) < 4.78 is 2.02. The zero-order valence-corrected chi connectivity index (χ0v) is 15.9. The number of aromatic nitrogens is 1. The average Bonchev–Trinajstić information content (AvgIpc) is 3.21. The minimum atomic E-state index is -0.204. The Hall–Kier alpha value is -3.34. The van der Waals surface area contributed by atoms with Crippen LogP contribution in [-0.2, 0) is 13.0 Å². The number of rotatable bonds is 6. The lowest BCUT2D eigenvalue weighted by Crippen LogP contribution is -2.31. The van der Waals surface area contributed by atoms with Crippen LogP contribution in [0.3, 0.4) is 0 Å². The van der Waals surface area contributed by atoms with E-state index >= 15 is 0 Å². The molecule has 0 saturated carbocycles. The van der Waals surface area contributed by atoms with Crippen LogP contribution in [0.2, 0.25) is 0 Å². The largest absolute Gasteiger partial charge is 0.397 e. The van der Waals surface area contributed by atoms with Gasteiger partial charge < -0.3 is 10.3 Å². The Morgan fingerprint density at radius 3 is 2.07 bits per heavy atom. The molecule has 0 radical (unpaired) electrons. The number of nitrogens with two attached hydrogens (primary N) is 1. The maximum absolute atomic E-state index is 12.4.